The van der Waals surface area contributed by atoms with Gasteiger partial charge in [0, 0.05) is 18.6 Å². The maximum absolute atomic E-state index is 12.3. The van der Waals surface area contributed by atoms with Crippen LogP contribution in [0.4, 0.5) is 0 Å². The minimum absolute atomic E-state index is 0.0853. The van der Waals surface area contributed by atoms with Gasteiger partial charge in [-0.1, -0.05) is 6.07 Å². The van der Waals surface area contributed by atoms with Gasteiger partial charge in [-0.2, -0.15) is 0 Å². The highest BCUT2D eigenvalue weighted by atomic mass is 16.5. The average Bonchev–Trinajstić information content (AvgIpc) is 3.13. The molecule has 2 aromatic rings. The molecule has 1 unspecified atom stereocenters. The van der Waals surface area contributed by atoms with Crippen molar-refractivity contribution in [1.82, 2.24) is 5.32 Å². The summed E-state index contributed by atoms with van der Waals surface area (Å²) in [6.45, 7) is 2.70. The minimum atomic E-state index is -0.156. The zero-order valence-electron chi connectivity index (χ0n) is 15.2. The van der Waals surface area contributed by atoms with Crippen LogP contribution in [0.25, 0.3) is 6.08 Å². The molecule has 0 saturated carbocycles. The lowest BCUT2D eigenvalue weighted by atomic mass is 10.0. The van der Waals surface area contributed by atoms with Crippen molar-refractivity contribution in [3.8, 4) is 17.2 Å². The fourth-order valence-corrected chi connectivity index (χ4v) is 2.92. The molecular weight excluding hydrogens is 330 g/mol. The first kappa shape index (κ1) is 17.9. The predicted octanol–water partition coefficient (Wildman–Crippen LogP) is 3.53. The van der Waals surface area contributed by atoms with Crippen molar-refractivity contribution in [1.29, 1.82) is 0 Å². The second-order valence-corrected chi connectivity index (χ2v) is 6.18. The molecule has 0 radical (unpaired) electrons. The Bertz CT molecular complexity index is 807. The lowest BCUT2D eigenvalue weighted by molar-refractivity contribution is -0.117. The number of amides is 1. The number of nitrogens with one attached hydrogen (secondary N) is 1. The number of carbonyl (C=O) groups is 1. The molecule has 136 valence electrons. The van der Waals surface area contributed by atoms with E-state index in [0.717, 1.165) is 29.9 Å². The minimum Gasteiger partial charge on any atom is -0.497 e. The number of hydrogen-bond acceptors (Lipinski definition) is 4. The van der Waals surface area contributed by atoms with E-state index < -0.39 is 0 Å². The first-order valence-corrected chi connectivity index (χ1v) is 8.56. The first-order valence-electron chi connectivity index (χ1n) is 8.56. The summed E-state index contributed by atoms with van der Waals surface area (Å²) in [5.74, 6) is 2.14. The Kier molecular flexibility index (Phi) is 5.46. The van der Waals surface area contributed by atoms with Crippen molar-refractivity contribution in [2.24, 2.45) is 0 Å². The van der Waals surface area contributed by atoms with Gasteiger partial charge in [-0.15, -0.1) is 0 Å². The summed E-state index contributed by atoms with van der Waals surface area (Å²) in [7, 11) is 3.19. The van der Waals surface area contributed by atoms with Gasteiger partial charge >= 0.3 is 0 Å². The van der Waals surface area contributed by atoms with Crippen LogP contribution in [0.5, 0.6) is 17.2 Å². The molecule has 1 N–H and O–H groups in total. The van der Waals surface area contributed by atoms with Crippen LogP contribution in [0.15, 0.2) is 42.5 Å². The van der Waals surface area contributed by atoms with Gasteiger partial charge in [-0.25, -0.2) is 0 Å². The Morgan fingerprint density at radius 2 is 1.88 bits per heavy atom. The van der Waals surface area contributed by atoms with E-state index in [0.29, 0.717) is 11.5 Å². The number of methoxy groups -OCH3 is 2. The molecule has 1 aliphatic rings. The Balaban J connectivity index is 1.65. The number of fused-ring (bicyclic) bond motifs is 1. The molecule has 1 heterocycles. The number of carbonyl (C=O) groups excluding carboxylic acids is 1. The molecule has 1 aliphatic heterocycles. The van der Waals surface area contributed by atoms with Crippen molar-refractivity contribution >= 4 is 12.0 Å². The van der Waals surface area contributed by atoms with Gasteiger partial charge in [0.15, 0.2) is 0 Å². The zero-order valence-corrected chi connectivity index (χ0v) is 15.2. The topological polar surface area (TPSA) is 56.8 Å². The van der Waals surface area contributed by atoms with Crippen LogP contribution in [0, 0.1) is 0 Å². The summed E-state index contributed by atoms with van der Waals surface area (Å²) in [6, 6.07) is 11.5. The lowest BCUT2D eigenvalue weighted by Gasteiger charge is -2.14. The maximum Gasteiger partial charge on any atom is 0.244 e. The highest BCUT2D eigenvalue weighted by molar-refractivity contribution is 5.92. The van der Waals surface area contributed by atoms with Crippen LogP contribution in [-0.4, -0.2) is 26.7 Å². The molecule has 0 aliphatic carbocycles. The van der Waals surface area contributed by atoms with Gasteiger partial charge in [-0.05, 0) is 54.0 Å². The molecule has 0 aromatic heterocycles. The van der Waals surface area contributed by atoms with E-state index >= 15 is 0 Å². The SMILES string of the molecule is COc1cc(/C=C/C(=O)NC(C)c2ccc3c(c2)CCO3)cc(OC)c1. The number of benzene rings is 2. The molecule has 0 fully saturated rings. The second-order valence-electron chi connectivity index (χ2n) is 6.18. The highest BCUT2D eigenvalue weighted by Gasteiger charge is 2.15. The molecule has 3 rings (SSSR count). The van der Waals surface area contributed by atoms with Crippen LogP contribution in [0.1, 0.15) is 29.7 Å². The molecule has 0 bridgehead atoms. The zero-order chi connectivity index (χ0) is 18.5. The van der Waals surface area contributed by atoms with Crippen LogP contribution < -0.4 is 19.5 Å². The monoisotopic (exact) mass is 353 g/mol. The van der Waals surface area contributed by atoms with Crippen molar-refractivity contribution in [3.63, 3.8) is 0 Å². The molecule has 26 heavy (non-hydrogen) atoms. The third-order valence-corrected chi connectivity index (χ3v) is 4.37. The van der Waals surface area contributed by atoms with Crippen LogP contribution >= 0.6 is 0 Å². The summed E-state index contributed by atoms with van der Waals surface area (Å²) in [5, 5.41) is 2.99. The number of rotatable bonds is 6. The first-order chi connectivity index (χ1) is 12.6. The van der Waals surface area contributed by atoms with Gasteiger partial charge in [-0.3, -0.25) is 4.79 Å². The largest absolute Gasteiger partial charge is 0.497 e. The third-order valence-electron chi connectivity index (χ3n) is 4.37. The summed E-state index contributed by atoms with van der Waals surface area (Å²) >= 11 is 0. The van der Waals surface area contributed by atoms with Gasteiger partial charge in [0.2, 0.25) is 5.91 Å². The molecule has 5 heteroatoms. The van der Waals surface area contributed by atoms with E-state index in [9.17, 15) is 4.79 Å². The van der Waals surface area contributed by atoms with Crippen molar-refractivity contribution in [2.45, 2.75) is 19.4 Å². The van der Waals surface area contributed by atoms with E-state index in [4.69, 9.17) is 14.2 Å². The summed E-state index contributed by atoms with van der Waals surface area (Å²) in [4.78, 5) is 12.3. The van der Waals surface area contributed by atoms with Crippen LogP contribution in [-0.2, 0) is 11.2 Å². The molecule has 2 aromatic carbocycles. The fourth-order valence-electron chi connectivity index (χ4n) is 2.92. The fraction of sp³-hybridized carbons (Fsp3) is 0.286. The van der Waals surface area contributed by atoms with E-state index in [1.807, 2.05) is 31.2 Å². The molecule has 0 spiro atoms. The third kappa shape index (κ3) is 4.17. The van der Waals surface area contributed by atoms with Crippen molar-refractivity contribution < 1.29 is 19.0 Å². The average molecular weight is 353 g/mol. The number of ether oxygens (including phenoxy) is 3. The Morgan fingerprint density at radius 3 is 2.58 bits per heavy atom. The molecule has 5 nitrogen and oxygen atoms in total. The molecular formula is C21H23NO4. The number of hydrogen-bond donors (Lipinski definition) is 1. The second kappa shape index (κ2) is 7.95. The van der Waals surface area contributed by atoms with E-state index in [2.05, 4.69) is 11.4 Å². The molecule has 0 saturated heterocycles. The van der Waals surface area contributed by atoms with Gasteiger partial charge in [0.25, 0.3) is 0 Å². The van der Waals surface area contributed by atoms with Crippen molar-refractivity contribution in [2.75, 3.05) is 20.8 Å². The van der Waals surface area contributed by atoms with E-state index in [-0.39, 0.29) is 11.9 Å². The summed E-state index contributed by atoms with van der Waals surface area (Å²) < 4.78 is 16.0. The highest BCUT2D eigenvalue weighted by Crippen LogP contribution is 2.28. The Hall–Kier alpha value is -2.95. The van der Waals surface area contributed by atoms with Gasteiger partial charge in [0.1, 0.15) is 17.2 Å². The van der Waals surface area contributed by atoms with Gasteiger partial charge in [0.05, 0.1) is 26.9 Å². The Labute approximate surface area is 153 Å². The van der Waals surface area contributed by atoms with E-state index in [1.54, 1.807) is 26.4 Å². The van der Waals surface area contributed by atoms with E-state index in [1.165, 1.54) is 11.6 Å². The lowest BCUT2D eigenvalue weighted by Crippen LogP contribution is -2.24. The smallest absolute Gasteiger partial charge is 0.244 e. The van der Waals surface area contributed by atoms with Crippen LogP contribution in [0.3, 0.4) is 0 Å². The molecule has 1 atom stereocenters. The van der Waals surface area contributed by atoms with Crippen molar-refractivity contribution in [3.05, 3.63) is 59.2 Å². The molecule has 1 amide bonds. The summed E-state index contributed by atoms with van der Waals surface area (Å²) in [5.41, 5.74) is 3.10. The predicted molar refractivity (Wildman–Crippen MR) is 101 cm³/mol. The summed E-state index contributed by atoms with van der Waals surface area (Å²) in [6.07, 6.45) is 4.17. The normalized spacial score (nSPS) is 13.8. The van der Waals surface area contributed by atoms with Crippen LogP contribution in [0.2, 0.25) is 0 Å². The maximum atomic E-state index is 12.3. The quantitative estimate of drug-likeness (QED) is 0.807. The van der Waals surface area contributed by atoms with Gasteiger partial charge < -0.3 is 19.5 Å². The standard InChI is InChI=1S/C21H23NO4/c1-14(16-5-6-20-17(12-16)8-9-26-20)22-21(23)7-4-15-10-18(24-2)13-19(11-15)25-3/h4-7,10-14H,8-9H2,1-3H3,(H,22,23)/b7-4+. The Morgan fingerprint density at radius 1 is 1.15 bits per heavy atom.